The molecule has 1 N–H and O–H groups in total. The largest absolute Gasteiger partial charge is 0.478 e. The molecule has 0 aliphatic carbocycles. The van der Waals surface area contributed by atoms with Crippen LogP contribution in [0.15, 0.2) is 65.0 Å². The molecule has 0 saturated carbocycles. The van der Waals surface area contributed by atoms with E-state index in [0.29, 0.717) is 11.6 Å². The van der Waals surface area contributed by atoms with Crippen LogP contribution in [-0.2, 0) is 4.79 Å². The second-order valence-electron chi connectivity index (χ2n) is 5.93. The first-order chi connectivity index (χ1) is 14.2. The van der Waals surface area contributed by atoms with Crippen LogP contribution in [0, 0.1) is 5.82 Å². The lowest BCUT2D eigenvalue weighted by atomic mass is 10.2. The number of hydrogen-bond acceptors (Lipinski definition) is 6. The van der Waals surface area contributed by atoms with Crippen molar-refractivity contribution in [2.45, 2.75) is 23.8 Å². The third kappa shape index (κ3) is 6.40. The van der Waals surface area contributed by atoms with Crippen molar-refractivity contribution in [2.75, 3.05) is 11.1 Å². The first-order valence-electron chi connectivity index (χ1n) is 9.05. The number of nitrogens with one attached hydrogen (secondary N) is 1. The minimum atomic E-state index is -0.819. The van der Waals surface area contributed by atoms with Gasteiger partial charge in [0.15, 0.2) is 22.0 Å². The number of halogens is 1. The molecule has 0 bridgehead atoms. The summed E-state index contributed by atoms with van der Waals surface area (Å²) in [5, 5.41) is 11.2. The van der Waals surface area contributed by atoms with Crippen LogP contribution < -0.4 is 10.1 Å². The highest BCUT2D eigenvalue weighted by molar-refractivity contribution is 8.01. The lowest BCUT2D eigenvalue weighted by Gasteiger charge is -2.16. The van der Waals surface area contributed by atoms with Crippen molar-refractivity contribution in [1.82, 2.24) is 10.2 Å². The molecular formula is C21H20FN3O2S2. The van der Waals surface area contributed by atoms with Crippen molar-refractivity contribution >= 4 is 40.2 Å². The van der Waals surface area contributed by atoms with Gasteiger partial charge in [-0.25, -0.2) is 4.39 Å². The van der Waals surface area contributed by atoms with Crippen LogP contribution >= 0.6 is 23.1 Å². The van der Waals surface area contributed by atoms with Gasteiger partial charge in [-0.15, -0.1) is 10.2 Å². The molecule has 1 heterocycles. The minimum absolute atomic E-state index is 0.0493. The molecule has 3 rings (SSSR count). The normalized spacial score (nSPS) is 12.1. The zero-order valence-electron chi connectivity index (χ0n) is 15.7. The van der Waals surface area contributed by atoms with Gasteiger partial charge in [0, 0.05) is 5.75 Å². The Hall–Kier alpha value is -2.71. The molecule has 0 radical (unpaired) electrons. The Bertz CT molecular complexity index is 963. The maximum atomic E-state index is 13.8. The predicted octanol–water partition coefficient (Wildman–Crippen LogP) is 5.28. The summed E-state index contributed by atoms with van der Waals surface area (Å²) >= 11 is 2.82. The Morgan fingerprint density at radius 2 is 1.97 bits per heavy atom. The standard InChI is InChI=1S/C21H20FN3O2S2/c1-2-17(27-18-13-7-6-12-16(18)22)19(26)23-20-24-25-21(29-20)28-14-8-11-15-9-4-3-5-10-15/h3-13,17H,2,14H2,1H3,(H,23,24,26). The summed E-state index contributed by atoms with van der Waals surface area (Å²) in [5.41, 5.74) is 1.14. The van der Waals surface area contributed by atoms with E-state index in [2.05, 4.69) is 21.6 Å². The molecule has 1 unspecified atom stereocenters. The van der Waals surface area contributed by atoms with Crippen molar-refractivity contribution in [3.05, 3.63) is 72.1 Å². The molecule has 0 saturated heterocycles. The topological polar surface area (TPSA) is 64.1 Å². The highest BCUT2D eigenvalue weighted by Crippen LogP contribution is 2.26. The van der Waals surface area contributed by atoms with E-state index in [1.807, 2.05) is 36.4 Å². The first-order valence-corrected chi connectivity index (χ1v) is 10.9. The molecule has 8 heteroatoms. The zero-order chi connectivity index (χ0) is 20.5. The van der Waals surface area contributed by atoms with Crippen LogP contribution in [-0.4, -0.2) is 28.0 Å². The Balaban J connectivity index is 1.51. The van der Waals surface area contributed by atoms with E-state index in [1.54, 1.807) is 19.1 Å². The van der Waals surface area contributed by atoms with E-state index in [0.717, 1.165) is 15.7 Å². The number of nitrogens with zero attached hydrogens (tertiary/aromatic N) is 2. The van der Waals surface area contributed by atoms with E-state index >= 15 is 0 Å². The van der Waals surface area contributed by atoms with Crippen LogP contribution in [0.3, 0.4) is 0 Å². The van der Waals surface area contributed by atoms with Gasteiger partial charge in [-0.05, 0) is 24.1 Å². The lowest BCUT2D eigenvalue weighted by Crippen LogP contribution is -2.32. The number of carbonyl (C=O) groups excluding carboxylic acids is 1. The van der Waals surface area contributed by atoms with Gasteiger partial charge in [-0.3, -0.25) is 10.1 Å². The van der Waals surface area contributed by atoms with E-state index in [9.17, 15) is 9.18 Å². The van der Waals surface area contributed by atoms with E-state index in [1.165, 1.54) is 35.2 Å². The van der Waals surface area contributed by atoms with Gasteiger partial charge in [0.1, 0.15) is 0 Å². The number of hydrogen-bond donors (Lipinski definition) is 1. The maximum absolute atomic E-state index is 13.8. The monoisotopic (exact) mass is 429 g/mol. The van der Waals surface area contributed by atoms with Crippen LogP contribution in [0.4, 0.5) is 9.52 Å². The molecule has 1 amide bonds. The van der Waals surface area contributed by atoms with Crippen molar-refractivity contribution in [1.29, 1.82) is 0 Å². The molecule has 0 aliphatic heterocycles. The maximum Gasteiger partial charge on any atom is 0.267 e. The summed E-state index contributed by atoms with van der Waals surface area (Å²) in [5.74, 6) is -0.0941. The van der Waals surface area contributed by atoms with E-state index in [-0.39, 0.29) is 11.7 Å². The molecular weight excluding hydrogens is 409 g/mol. The molecule has 2 aromatic carbocycles. The van der Waals surface area contributed by atoms with Gasteiger partial charge in [-0.1, -0.05) is 84.6 Å². The summed E-state index contributed by atoms with van der Waals surface area (Å²) in [7, 11) is 0. The van der Waals surface area contributed by atoms with Crippen molar-refractivity contribution in [2.24, 2.45) is 0 Å². The average molecular weight is 430 g/mol. The third-order valence-corrected chi connectivity index (χ3v) is 5.74. The van der Waals surface area contributed by atoms with Crippen LogP contribution in [0.5, 0.6) is 5.75 Å². The molecule has 3 aromatic rings. The fraction of sp³-hybridized carbons (Fsp3) is 0.190. The summed E-state index contributed by atoms with van der Waals surface area (Å²) in [6.45, 7) is 1.80. The average Bonchev–Trinajstić information content (AvgIpc) is 3.18. The summed E-state index contributed by atoms with van der Waals surface area (Å²) in [4.78, 5) is 12.4. The van der Waals surface area contributed by atoms with Crippen LogP contribution in [0.1, 0.15) is 18.9 Å². The Kier molecular flexibility index (Phi) is 7.77. The molecule has 5 nitrogen and oxygen atoms in total. The number of carbonyl (C=O) groups is 1. The number of benzene rings is 2. The lowest BCUT2D eigenvalue weighted by molar-refractivity contribution is -0.122. The summed E-state index contributed by atoms with van der Waals surface area (Å²) < 4.78 is 20.0. The summed E-state index contributed by atoms with van der Waals surface area (Å²) in [6, 6.07) is 16.0. The number of rotatable bonds is 9. The number of ether oxygens (including phenoxy) is 1. The highest BCUT2D eigenvalue weighted by atomic mass is 32.2. The van der Waals surface area contributed by atoms with Gasteiger partial charge in [-0.2, -0.15) is 0 Å². The SMILES string of the molecule is CCC(Oc1ccccc1F)C(=O)Nc1nnc(SCC=Cc2ccccc2)s1. The van der Waals surface area contributed by atoms with E-state index in [4.69, 9.17) is 4.74 Å². The number of amides is 1. The first kappa shape index (κ1) is 21.0. The fourth-order valence-corrected chi connectivity index (χ4v) is 3.98. The second-order valence-corrected chi connectivity index (χ2v) is 8.18. The van der Waals surface area contributed by atoms with Gasteiger partial charge in [0.05, 0.1) is 0 Å². The Labute approximate surface area is 177 Å². The quantitative estimate of drug-likeness (QED) is 0.370. The number of thioether (sulfide) groups is 1. The summed E-state index contributed by atoms with van der Waals surface area (Å²) in [6.07, 6.45) is 3.67. The Morgan fingerprint density at radius 1 is 1.21 bits per heavy atom. The molecule has 29 heavy (non-hydrogen) atoms. The number of aromatic nitrogens is 2. The highest BCUT2D eigenvalue weighted by Gasteiger charge is 2.21. The van der Waals surface area contributed by atoms with Gasteiger partial charge in [0.2, 0.25) is 5.13 Å². The molecule has 1 aromatic heterocycles. The number of anilines is 1. The van der Waals surface area contributed by atoms with Crippen molar-refractivity contribution in [3.8, 4) is 5.75 Å². The second kappa shape index (κ2) is 10.7. The molecule has 0 fully saturated rings. The minimum Gasteiger partial charge on any atom is -0.478 e. The molecule has 0 aliphatic rings. The smallest absolute Gasteiger partial charge is 0.267 e. The molecule has 1 atom stereocenters. The fourth-order valence-electron chi connectivity index (χ4n) is 2.39. The van der Waals surface area contributed by atoms with Crippen LogP contribution in [0.25, 0.3) is 6.08 Å². The third-order valence-electron chi connectivity index (χ3n) is 3.82. The number of para-hydroxylation sites is 1. The molecule has 0 spiro atoms. The van der Waals surface area contributed by atoms with E-state index < -0.39 is 11.9 Å². The zero-order valence-corrected chi connectivity index (χ0v) is 17.4. The molecule has 150 valence electrons. The van der Waals surface area contributed by atoms with Crippen molar-refractivity contribution in [3.63, 3.8) is 0 Å². The predicted molar refractivity (Wildman–Crippen MR) is 116 cm³/mol. The van der Waals surface area contributed by atoms with Gasteiger partial charge in [0.25, 0.3) is 5.91 Å². The van der Waals surface area contributed by atoms with Gasteiger partial charge < -0.3 is 4.74 Å². The van der Waals surface area contributed by atoms with Gasteiger partial charge >= 0.3 is 0 Å². The van der Waals surface area contributed by atoms with Crippen LogP contribution in [0.2, 0.25) is 0 Å². The Morgan fingerprint density at radius 3 is 2.72 bits per heavy atom. The van der Waals surface area contributed by atoms with Crippen molar-refractivity contribution < 1.29 is 13.9 Å².